The van der Waals surface area contributed by atoms with E-state index < -0.39 is 0 Å². The monoisotopic (exact) mass is 244 g/mol. The fourth-order valence-electron chi connectivity index (χ4n) is 2.32. The molecule has 0 radical (unpaired) electrons. The second-order valence-electron chi connectivity index (χ2n) is 4.94. The van der Waals surface area contributed by atoms with E-state index in [9.17, 15) is 4.79 Å². The van der Waals surface area contributed by atoms with Gasteiger partial charge < -0.3 is 4.74 Å². The van der Waals surface area contributed by atoms with Gasteiger partial charge in [-0.2, -0.15) is 0 Å². The minimum absolute atomic E-state index is 0.133. The summed E-state index contributed by atoms with van der Waals surface area (Å²) >= 11 is 0. The second-order valence-corrected chi connectivity index (χ2v) is 4.94. The summed E-state index contributed by atoms with van der Waals surface area (Å²) in [4.78, 5) is 11.7. The summed E-state index contributed by atoms with van der Waals surface area (Å²) < 4.78 is 5.42. The fraction of sp³-hybridized carbons (Fsp3) is 0.438. The minimum atomic E-state index is -0.219. The maximum atomic E-state index is 11.7. The van der Waals surface area contributed by atoms with E-state index in [1.54, 1.807) is 0 Å². The molecule has 0 saturated heterocycles. The Balaban J connectivity index is 1.86. The Morgan fingerprint density at radius 1 is 1.28 bits per heavy atom. The van der Waals surface area contributed by atoms with E-state index in [-0.39, 0.29) is 12.1 Å². The summed E-state index contributed by atoms with van der Waals surface area (Å²) in [5, 5.41) is 0. The van der Waals surface area contributed by atoms with Gasteiger partial charge in [0.15, 0.2) is 0 Å². The molecule has 0 bridgehead atoms. The van der Waals surface area contributed by atoms with Crippen LogP contribution in [0.15, 0.2) is 30.3 Å². The van der Waals surface area contributed by atoms with Gasteiger partial charge in [0, 0.05) is 6.08 Å². The predicted octanol–water partition coefficient (Wildman–Crippen LogP) is 3.88. The maximum absolute atomic E-state index is 11.7. The van der Waals surface area contributed by atoms with Crippen molar-refractivity contribution in [2.24, 2.45) is 0 Å². The van der Waals surface area contributed by atoms with E-state index in [4.69, 9.17) is 4.74 Å². The molecule has 1 aliphatic rings. The minimum Gasteiger partial charge on any atom is -0.459 e. The standard InChI is InChI=1S/C16H20O2/c1-13-6-5-7-14(12-13)10-11-16(17)18-15-8-3-2-4-9-15/h5-7,10-12,15H,2-4,8-9H2,1H3/b11-10+. The molecule has 1 aromatic rings. The Hall–Kier alpha value is -1.57. The predicted molar refractivity (Wildman–Crippen MR) is 73.2 cm³/mol. The topological polar surface area (TPSA) is 26.3 Å². The molecule has 18 heavy (non-hydrogen) atoms. The molecule has 1 aromatic carbocycles. The molecule has 0 unspecified atom stereocenters. The second kappa shape index (κ2) is 6.39. The van der Waals surface area contributed by atoms with Crippen molar-refractivity contribution in [1.82, 2.24) is 0 Å². The first kappa shape index (κ1) is 12.9. The third-order valence-corrected chi connectivity index (χ3v) is 3.29. The summed E-state index contributed by atoms with van der Waals surface area (Å²) in [5.41, 5.74) is 2.23. The fourth-order valence-corrected chi connectivity index (χ4v) is 2.32. The van der Waals surface area contributed by atoms with E-state index in [0.717, 1.165) is 18.4 Å². The third-order valence-electron chi connectivity index (χ3n) is 3.29. The number of hydrogen-bond donors (Lipinski definition) is 0. The Bertz CT molecular complexity index is 428. The van der Waals surface area contributed by atoms with Crippen LogP contribution >= 0.6 is 0 Å². The average Bonchev–Trinajstić information content (AvgIpc) is 2.38. The number of esters is 1. The van der Waals surface area contributed by atoms with Gasteiger partial charge in [0.2, 0.25) is 0 Å². The summed E-state index contributed by atoms with van der Waals surface area (Å²) in [6, 6.07) is 8.06. The zero-order valence-electron chi connectivity index (χ0n) is 10.9. The Kier molecular flexibility index (Phi) is 4.57. The maximum Gasteiger partial charge on any atom is 0.331 e. The van der Waals surface area contributed by atoms with Crippen LogP contribution in [0.25, 0.3) is 6.08 Å². The zero-order chi connectivity index (χ0) is 12.8. The number of ether oxygens (including phenoxy) is 1. The Morgan fingerprint density at radius 2 is 2.06 bits per heavy atom. The highest BCUT2D eigenvalue weighted by Gasteiger charge is 2.16. The van der Waals surface area contributed by atoms with Gasteiger partial charge in [0.1, 0.15) is 6.10 Å². The van der Waals surface area contributed by atoms with Crippen molar-refractivity contribution in [3.63, 3.8) is 0 Å². The molecule has 96 valence electrons. The van der Waals surface area contributed by atoms with E-state index >= 15 is 0 Å². The van der Waals surface area contributed by atoms with E-state index in [0.29, 0.717) is 0 Å². The highest BCUT2D eigenvalue weighted by Crippen LogP contribution is 2.20. The summed E-state index contributed by atoms with van der Waals surface area (Å²) in [7, 11) is 0. The van der Waals surface area contributed by atoms with Crippen molar-refractivity contribution in [2.45, 2.75) is 45.1 Å². The van der Waals surface area contributed by atoms with Crippen molar-refractivity contribution in [3.8, 4) is 0 Å². The van der Waals surface area contributed by atoms with Crippen LogP contribution in [0.1, 0.15) is 43.2 Å². The average molecular weight is 244 g/mol. The molecule has 1 aliphatic carbocycles. The Labute approximate surface area is 109 Å². The van der Waals surface area contributed by atoms with Crippen LogP contribution in [-0.2, 0) is 9.53 Å². The molecule has 0 atom stereocenters. The van der Waals surface area contributed by atoms with Crippen LogP contribution in [0.5, 0.6) is 0 Å². The number of benzene rings is 1. The van der Waals surface area contributed by atoms with E-state index in [1.807, 2.05) is 37.3 Å². The van der Waals surface area contributed by atoms with Crippen molar-refractivity contribution < 1.29 is 9.53 Å². The first-order chi connectivity index (χ1) is 8.74. The molecule has 0 amide bonds. The van der Waals surface area contributed by atoms with Crippen molar-refractivity contribution >= 4 is 12.0 Å². The van der Waals surface area contributed by atoms with Crippen LogP contribution < -0.4 is 0 Å². The molecular weight excluding hydrogens is 224 g/mol. The lowest BCUT2D eigenvalue weighted by Crippen LogP contribution is -2.19. The Morgan fingerprint density at radius 3 is 2.78 bits per heavy atom. The highest BCUT2D eigenvalue weighted by molar-refractivity contribution is 5.87. The lowest BCUT2D eigenvalue weighted by Gasteiger charge is -2.20. The summed E-state index contributed by atoms with van der Waals surface area (Å²) in [6.07, 6.45) is 9.15. The lowest BCUT2D eigenvalue weighted by molar-refractivity contribution is -0.144. The largest absolute Gasteiger partial charge is 0.459 e. The first-order valence-electron chi connectivity index (χ1n) is 6.69. The van der Waals surface area contributed by atoms with Crippen molar-refractivity contribution in [3.05, 3.63) is 41.5 Å². The molecular formula is C16H20O2. The lowest BCUT2D eigenvalue weighted by atomic mass is 9.98. The van der Waals surface area contributed by atoms with Crippen LogP contribution in [0.4, 0.5) is 0 Å². The molecule has 0 aliphatic heterocycles. The number of hydrogen-bond acceptors (Lipinski definition) is 2. The van der Waals surface area contributed by atoms with Gasteiger partial charge in [-0.15, -0.1) is 0 Å². The highest BCUT2D eigenvalue weighted by atomic mass is 16.5. The van der Waals surface area contributed by atoms with Crippen LogP contribution in [0, 0.1) is 6.92 Å². The molecule has 0 aromatic heterocycles. The molecule has 1 fully saturated rings. The summed E-state index contributed by atoms with van der Waals surface area (Å²) in [5.74, 6) is -0.219. The molecule has 2 heteroatoms. The molecule has 2 rings (SSSR count). The van der Waals surface area contributed by atoms with Gasteiger partial charge in [0.25, 0.3) is 0 Å². The van der Waals surface area contributed by atoms with Gasteiger partial charge in [-0.3, -0.25) is 0 Å². The molecule has 0 heterocycles. The van der Waals surface area contributed by atoms with Crippen LogP contribution in [0.2, 0.25) is 0 Å². The number of carbonyl (C=O) groups excluding carboxylic acids is 1. The molecule has 1 saturated carbocycles. The molecule has 0 N–H and O–H groups in total. The number of rotatable bonds is 3. The first-order valence-corrected chi connectivity index (χ1v) is 6.69. The van der Waals surface area contributed by atoms with E-state index in [1.165, 1.54) is 30.9 Å². The normalized spacial score (nSPS) is 16.9. The summed E-state index contributed by atoms with van der Waals surface area (Å²) in [6.45, 7) is 2.04. The third kappa shape index (κ3) is 4.02. The van der Waals surface area contributed by atoms with Crippen molar-refractivity contribution in [2.75, 3.05) is 0 Å². The molecule has 2 nitrogen and oxygen atoms in total. The van der Waals surface area contributed by atoms with Gasteiger partial charge >= 0.3 is 5.97 Å². The van der Waals surface area contributed by atoms with Crippen molar-refractivity contribution in [1.29, 1.82) is 0 Å². The van der Waals surface area contributed by atoms with Gasteiger partial charge in [-0.05, 0) is 44.2 Å². The van der Waals surface area contributed by atoms with Gasteiger partial charge in [-0.1, -0.05) is 36.2 Å². The molecule has 0 spiro atoms. The van der Waals surface area contributed by atoms with E-state index in [2.05, 4.69) is 0 Å². The number of aryl methyl sites for hydroxylation is 1. The SMILES string of the molecule is Cc1cccc(/C=C/C(=O)OC2CCCCC2)c1. The van der Waals surface area contributed by atoms with Crippen LogP contribution in [-0.4, -0.2) is 12.1 Å². The quantitative estimate of drug-likeness (QED) is 0.595. The number of carbonyl (C=O) groups is 1. The van der Waals surface area contributed by atoms with Crippen LogP contribution in [0.3, 0.4) is 0 Å². The zero-order valence-corrected chi connectivity index (χ0v) is 10.9. The van der Waals surface area contributed by atoms with Gasteiger partial charge in [0.05, 0.1) is 0 Å². The smallest absolute Gasteiger partial charge is 0.331 e. The van der Waals surface area contributed by atoms with Gasteiger partial charge in [-0.25, -0.2) is 4.79 Å².